The van der Waals surface area contributed by atoms with Gasteiger partial charge in [0.05, 0.1) is 23.3 Å². The molecule has 5 rings (SSSR count). The Morgan fingerprint density at radius 1 is 1.52 bits per heavy atom. The van der Waals surface area contributed by atoms with Crippen molar-refractivity contribution in [2.45, 2.75) is 31.5 Å². The summed E-state index contributed by atoms with van der Waals surface area (Å²) >= 11 is 1.49. The van der Waals surface area contributed by atoms with E-state index in [0.717, 1.165) is 30.9 Å². The number of carbonyl (C=O) groups is 1. The zero-order valence-corrected chi connectivity index (χ0v) is 15.9. The normalized spacial score (nSPS) is 31.3. The van der Waals surface area contributed by atoms with Crippen molar-refractivity contribution in [1.82, 2.24) is 20.3 Å². The number of nitrogens with zero attached hydrogens (tertiary/aromatic N) is 4. The summed E-state index contributed by atoms with van der Waals surface area (Å²) in [5, 5.41) is 5.77. The first-order chi connectivity index (χ1) is 13.0. The molecule has 2 bridgehead atoms. The molecular weight excluding hydrogens is 364 g/mol. The van der Waals surface area contributed by atoms with E-state index in [-0.39, 0.29) is 17.6 Å². The number of aryl methyl sites for hydroxylation is 1. The van der Waals surface area contributed by atoms with Gasteiger partial charge < -0.3 is 20.7 Å². The molecule has 1 amide bonds. The van der Waals surface area contributed by atoms with Gasteiger partial charge in [-0.15, -0.1) is 11.3 Å². The minimum atomic E-state index is -0.148. The molecule has 0 unspecified atom stereocenters. The maximum atomic E-state index is 12.4. The lowest BCUT2D eigenvalue weighted by molar-refractivity contribution is 0.0141. The van der Waals surface area contributed by atoms with E-state index in [1.54, 1.807) is 17.6 Å². The van der Waals surface area contributed by atoms with Crippen LogP contribution in [0.5, 0.6) is 0 Å². The van der Waals surface area contributed by atoms with Crippen LogP contribution in [0.4, 0.5) is 11.8 Å². The summed E-state index contributed by atoms with van der Waals surface area (Å²) in [5.74, 6) is 1.69. The van der Waals surface area contributed by atoms with Crippen LogP contribution in [0.3, 0.4) is 0 Å². The van der Waals surface area contributed by atoms with Crippen LogP contribution in [0.25, 0.3) is 0 Å². The molecule has 5 heterocycles. The Labute approximate surface area is 161 Å². The molecule has 2 aromatic heterocycles. The highest BCUT2D eigenvalue weighted by molar-refractivity contribution is 7.09. The van der Waals surface area contributed by atoms with Crippen LogP contribution < -0.4 is 16.0 Å². The van der Waals surface area contributed by atoms with E-state index >= 15 is 0 Å². The number of nitrogens with one attached hydrogen (secondary N) is 1. The smallest absolute Gasteiger partial charge is 0.270 e. The van der Waals surface area contributed by atoms with Gasteiger partial charge in [-0.1, -0.05) is 0 Å². The molecule has 142 valence electrons. The number of hydrogen-bond donors (Lipinski definition) is 2. The highest BCUT2D eigenvalue weighted by Gasteiger charge is 2.63. The van der Waals surface area contributed by atoms with Gasteiger partial charge in [-0.2, -0.15) is 4.98 Å². The lowest BCUT2D eigenvalue weighted by Gasteiger charge is -2.29. The second-order valence-corrected chi connectivity index (χ2v) is 8.72. The van der Waals surface area contributed by atoms with Gasteiger partial charge in [-0.3, -0.25) is 4.79 Å². The number of thiazole rings is 1. The van der Waals surface area contributed by atoms with Crippen molar-refractivity contribution in [3.05, 3.63) is 28.3 Å². The molecule has 3 aliphatic rings. The Morgan fingerprint density at radius 2 is 2.41 bits per heavy atom. The third-order valence-electron chi connectivity index (χ3n) is 6.08. The molecule has 0 radical (unpaired) electrons. The second-order valence-electron chi connectivity index (χ2n) is 7.65. The quantitative estimate of drug-likeness (QED) is 0.814. The van der Waals surface area contributed by atoms with Crippen LogP contribution in [0.1, 0.15) is 28.3 Å². The fourth-order valence-electron chi connectivity index (χ4n) is 4.90. The Bertz CT molecular complexity index is 888. The summed E-state index contributed by atoms with van der Waals surface area (Å²) in [6, 6.07) is 1.69. The standard InChI is InChI=1S/C18H22N6O2S/c1-10-22-13(8-27-10)16(25)21-6-11-12-7-24(17-20-5-3-15(19)23-17)9-18(12)4-2-14(11)26-18/h3,5,8,11-12,14H,2,4,6-7,9H2,1H3,(H,21,25)(H2,19,20,23)/t11-,12+,14+,18+/m0/s1. The Balaban J connectivity index is 1.30. The van der Waals surface area contributed by atoms with E-state index in [2.05, 4.69) is 25.2 Å². The maximum absolute atomic E-state index is 12.4. The van der Waals surface area contributed by atoms with Gasteiger partial charge in [0.25, 0.3) is 5.91 Å². The molecule has 3 aliphatic heterocycles. The van der Waals surface area contributed by atoms with Gasteiger partial charge in [-0.25, -0.2) is 9.97 Å². The van der Waals surface area contributed by atoms with E-state index in [4.69, 9.17) is 10.5 Å². The summed E-state index contributed by atoms with van der Waals surface area (Å²) in [6.07, 6.45) is 4.00. The van der Waals surface area contributed by atoms with Crippen LogP contribution >= 0.6 is 11.3 Å². The van der Waals surface area contributed by atoms with Gasteiger partial charge in [0.15, 0.2) is 0 Å². The fraction of sp³-hybridized carbons (Fsp3) is 0.556. The summed E-state index contributed by atoms with van der Waals surface area (Å²) in [7, 11) is 0. The van der Waals surface area contributed by atoms with E-state index in [1.165, 1.54) is 11.3 Å². The van der Waals surface area contributed by atoms with Gasteiger partial charge in [0.2, 0.25) is 5.95 Å². The molecule has 8 nitrogen and oxygen atoms in total. The molecule has 3 N–H and O–H groups in total. The minimum Gasteiger partial charge on any atom is -0.384 e. The third kappa shape index (κ3) is 2.76. The van der Waals surface area contributed by atoms with Crippen LogP contribution in [-0.4, -0.2) is 52.2 Å². The van der Waals surface area contributed by atoms with E-state index in [0.29, 0.717) is 35.8 Å². The topological polar surface area (TPSA) is 106 Å². The van der Waals surface area contributed by atoms with Crippen LogP contribution in [-0.2, 0) is 4.74 Å². The van der Waals surface area contributed by atoms with Gasteiger partial charge in [-0.05, 0) is 25.8 Å². The van der Waals surface area contributed by atoms with Crippen molar-refractivity contribution >= 4 is 29.0 Å². The fourth-order valence-corrected chi connectivity index (χ4v) is 5.49. The van der Waals surface area contributed by atoms with Crippen LogP contribution in [0.2, 0.25) is 0 Å². The average Bonchev–Trinajstić information content (AvgIpc) is 3.39. The first-order valence-corrected chi connectivity index (χ1v) is 10.1. The summed E-state index contributed by atoms with van der Waals surface area (Å²) in [4.78, 5) is 27.6. The zero-order valence-electron chi connectivity index (χ0n) is 15.1. The number of nitrogens with two attached hydrogens (primary N) is 1. The first-order valence-electron chi connectivity index (χ1n) is 9.26. The minimum absolute atomic E-state index is 0.106. The number of anilines is 2. The molecule has 9 heteroatoms. The predicted octanol–water partition coefficient (Wildman–Crippen LogP) is 1.24. The molecule has 27 heavy (non-hydrogen) atoms. The van der Waals surface area contributed by atoms with E-state index in [1.807, 2.05) is 6.92 Å². The summed E-state index contributed by atoms with van der Waals surface area (Å²) < 4.78 is 6.43. The SMILES string of the molecule is Cc1nc(C(=O)NC[C@H]2[C@H]3CN(c4nccc(N)n4)C[C@]34CC[C@H]2O4)cs1. The van der Waals surface area contributed by atoms with E-state index < -0.39 is 0 Å². The number of rotatable bonds is 4. The van der Waals surface area contributed by atoms with Crippen molar-refractivity contribution in [3.63, 3.8) is 0 Å². The zero-order chi connectivity index (χ0) is 18.6. The Hall–Kier alpha value is -2.26. The van der Waals surface area contributed by atoms with Crippen molar-refractivity contribution in [3.8, 4) is 0 Å². The molecule has 3 fully saturated rings. The molecule has 0 saturated carbocycles. The highest BCUT2D eigenvalue weighted by atomic mass is 32.1. The number of hydrogen-bond acceptors (Lipinski definition) is 8. The van der Waals surface area contributed by atoms with Crippen molar-refractivity contribution in [2.75, 3.05) is 30.3 Å². The van der Waals surface area contributed by atoms with Gasteiger partial charge in [0.1, 0.15) is 11.5 Å². The molecule has 4 atom stereocenters. The first kappa shape index (κ1) is 16.9. The highest BCUT2D eigenvalue weighted by Crippen LogP contribution is 2.54. The molecule has 0 aliphatic carbocycles. The lowest BCUT2D eigenvalue weighted by Crippen LogP contribution is -2.42. The number of nitrogen functional groups attached to an aromatic ring is 1. The summed E-state index contributed by atoms with van der Waals surface area (Å²) in [6.45, 7) is 4.13. The number of fused-ring (bicyclic) bond motifs is 1. The predicted molar refractivity (Wildman–Crippen MR) is 102 cm³/mol. The monoisotopic (exact) mass is 386 g/mol. The number of carbonyl (C=O) groups excluding carboxylic acids is 1. The lowest BCUT2D eigenvalue weighted by atomic mass is 9.73. The van der Waals surface area contributed by atoms with Gasteiger partial charge in [0, 0.05) is 36.5 Å². The van der Waals surface area contributed by atoms with Crippen molar-refractivity contribution in [2.24, 2.45) is 11.8 Å². The van der Waals surface area contributed by atoms with Gasteiger partial charge >= 0.3 is 0 Å². The second kappa shape index (κ2) is 6.13. The summed E-state index contributed by atoms with van der Waals surface area (Å²) in [5.41, 5.74) is 6.17. The number of aromatic nitrogens is 3. The van der Waals surface area contributed by atoms with Crippen molar-refractivity contribution < 1.29 is 9.53 Å². The molecule has 2 aromatic rings. The molecule has 3 saturated heterocycles. The maximum Gasteiger partial charge on any atom is 0.270 e. The van der Waals surface area contributed by atoms with Crippen LogP contribution in [0, 0.1) is 18.8 Å². The van der Waals surface area contributed by atoms with Crippen LogP contribution in [0.15, 0.2) is 17.6 Å². The number of ether oxygens (including phenoxy) is 1. The molecule has 1 spiro atoms. The largest absolute Gasteiger partial charge is 0.384 e. The third-order valence-corrected chi connectivity index (χ3v) is 6.85. The number of amides is 1. The molecule has 0 aromatic carbocycles. The Kier molecular flexibility index (Phi) is 3.83. The average molecular weight is 386 g/mol. The molecular formula is C18H22N6O2S. The van der Waals surface area contributed by atoms with Crippen molar-refractivity contribution in [1.29, 1.82) is 0 Å². The Morgan fingerprint density at radius 3 is 3.19 bits per heavy atom. The van der Waals surface area contributed by atoms with E-state index in [9.17, 15) is 4.79 Å².